The minimum Gasteiger partial charge on any atom is -0.450 e. The molecule has 2 aliphatic carbocycles. The molecule has 2 aromatic rings. The van der Waals surface area contributed by atoms with E-state index in [0.717, 1.165) is 88.0 Å². The van der Waals surface area contributed by atoms with Crippen LogP contribution in [0.4, 0.5) is 10.5 Å². The third kappa shape index (κ3) is 3.10. The maximum Gasteiger partial charge on any atom is 0.331 e. The number of piperidine rings is 1. The van der Waals surface area contributed by atoms with Crippen molar-refractivity contribution in [3.05, 3.63) is 45.7 Å². The van der Waals surface area contributed by atoms with E-state index in [2.05, 4.69) is 21.0 Å². The van der Waals surface area contributed by atoms with Gasteiger partial charge in [0.25, 0.3) is 0 Å². The number of aryl methyl sites for hydroxylation is 2. The third-order valence-corrected chi connectivity index (χ3v) is 8.19. The molecule has 5 aliphatic rings. The van der Waals surface area contributed by atoms with Crippen LogP contribution < -0.4 is 10.0 Å². The lowest BCUT2D eigenvalue weighted by Crippen LogP contribution is -2.31. The number of furan rings is 1. The van der Waals surface area contributed by atoms with Gasteiger partial charge in [-0.05, 0) is 92.8 Å². The first kappa shape index (κ1) is 18.6. The molecule has 2 N–H and O–H groups in total. The Morgan fingerprint density at radius 1 is 1.00 bits per heavy atom. The van der Waals surface area contributed by atoms with Crippen molar-refractivity contribution in [1.82, 2.24) is 9.62 Å². The normalized spacial score (nSPS) is 24.7. The van der Waals surface area contributed by atoms with Gasteiger partial charge in [0.05, 0.1) is 0 Å². The van der Waals surface area contributed by atoms with E-state index in [9.17, 15) is 9.00 Å². The van der Waals surface area contributed by atoms with E-state index in [4.69, 9.17) is 4.42 Å². The van der Waals surface area contributed by atoms with Crippen LogP contribution in [-0.4, -0.2) is 28.2 Å². The average molecular weight is 426 g/mol. The van der Waals surface area contributed by atoms with Crippen LogP contribution in [0.1, 0.15) is 65.2 Å². The molecule has 1 atom stereocenters. The maximum absolute atomic E-state index is 12.9. The summed E-state index contributed by atoms with van der Waals surface area (Å²) in [7, 11) is -1.70. The van der Waals surface area contributed by atoms with E-state index in [1.807, 2.05) is 6.07 Å². The van der Waals surface area contributed by atoms with E-state index < -0.39 is 17.0 Å². The molecular weight excluding hydrogens is 398 g/mol. The smallest absolute Gasteiger partial charge is 0.331 e. The van der Waals surface area contributed by atoms with E-state index >= 15 is 0 Å². The van der Waals surface area contributed by atoms with Crippen molar-refractivity contribution < 1.29 is 13.4 Å². The minimum atomic E-state index is -1.70. The Hall–Kier alpha value is -2.12. The molecule has 2 amide bonds. The quantitative estimate of drug-likeness (QED) is 0.785. The molecule has 2 bridgehead atoms. The fourth-order valence-electron chi connectivity index (χ4n) is 5.81. The number of benzene rings is 1. The summed E-state index contributed by atoms with van der Waals surface area (Å²) in [6.45, 7) is 3.04. The van der Waals surface area contributed by atoms with Crippen molar-refractivity contribution in [3.8, 4) is 0 Å². The number of hydrogen-bond donors (Lipinski definition) is 2. The molecule has 1 saturated heterocycles. The topological polar surface area (TPSA) is 74.6 Å². The Morgan fingerprint density at radius 2 is 1.70 bits per heavy atom. The van der Waals surface area contributed by atoms with Crippen LogP contribution in [0.5, 0.6) is 0 Å². The minimum absolute atomic E-state index is 0.354. The Bertz CT molecular complexity index is 1020. The number of hydrogen-bond acceptors (Lipinski definition) is 4. The molecule has 1 fully saturated rings. The number of anilines is 1. The fourth-order valence-corrected chi connectivity index (χ4v) is 6.55. The zero-order valence-corrected chi connectivity index (χ0v) is 17.9. The van der Waals surface area contributed by atoms with Gasteiger partial charge in [-0.3, -0.25) is 4.90 Å². The summed E-state index contributed by atoms with van der Waals surface area (Å²) < 4.78 is 21.5. The van der Waals surface area contributed by atoms with Crippen LogP contribution in [0.15, 0.2) is 21.6 Å². The Balaban J connectivity index is 1.21. The van der Waals surface area contributed by atoms with Crippen molar-refractivity contribution in [2.24, 2.45) is 0 Å². The van der Waals surface area contributed by atoms with Gasteiger partial charge in [-0.25, -0.2) is 13.7 Å². The van der Waals surface area contributed by atoms with Crippen LogP contribution >= 0.6 is 0 Å². The highest BCUT2D eigenvalue weighted by Gasteiger charge is 2.32. The Kier molecular flexibility index (Phi) is 4.49. The Labute approximate surface area is 179 Å². The van der Waals surface area contributed by atoms with Crippen molar-refractivity contribution in [2.45, 2.75) is 68.9 Å². The number of carbonyl (C=O) groups is 1. The van der Waals surface area contributed by atoms with E-state index in [1.165, 1.54) is 22.3 Å². The predicted octanol–water partition coefficient (Wildman–Crippen LogP) is 3.79. The number of fused-ring (bicyclic) bond motifs is 4. The fraction of sp³-hybridized carbons (Fsp3) is 0.522. The number of nitrogens with one attached hydrogen (secondary N) is 2. The van der Waals surface area contributed by atoms with Crippen molar-refractivity contribution in [2.75, 3.05) is 18.4 Å². The van der Waals surface area contributed by atoms with Gasteiger partial charge < -0.3 is 9.73 Å². The van der Waals surface area contributed by atoms with Gasteiger partial charge in [0.15, 0.2) is 11.0 Å². The SMILES string of the molecule is O=C(Nc1c2c(cc3c1CCC3)CCC2)NS(=O)c1cc2c(o1)C1CCN(CC1)C2. The lowest BCUT2D eigenvalue weighted by atomic mass is 9.95. The monoisotopic (exact) mass is 425 g/mol. The van der Waals surface area contributed by atoms with Gasteiger partial charge in [0, 0.05) is 23.7 Å². The number of nitrogens with zero attached hydrogens (tertiary/aromatic N) is 1. The molecule has 7 rings (SSSR count). The van der Waals surface area contributed by atoms with E-state index in [0.29, 0.717) is 11.0 Å². The third-order valence-electron chi connectivity index (χ3n) is 7.25. The second-order valence-electron chi connectivity index (χ2n) is 9.06. The molecule has 0 radical (unpaired) electrons. The lowest BCUT2D eigenvalue weighted by molar-refractivity contribution is 0.212. The van der Waals surface area contributed by atoms with Gasteiger partial charge in [-0.2, -0.15) is 0 Å². The molecule has 30 heavy (non-hydrogen) atoms. The lowest BCUT2D eigenvalue weighted by Gasteiger charge is -2.26. The second-order valence-corrected chi connectivity index (χ2v) is 10.2. The molecule has 6 nitrogen and oxygen atoms in total. The molecule has 1 unspecified atom stereocenters. The number of amides is 2. The summed E-state index contributed by atoms with van der Waals surface area (Å²) in [5.74, 6) is 1.38. The Morgan fingerprint density at radius 3 is 2.40 bits per heavy atom. The average Bonchev–Trinajstić information content (AvgIpc) is 3.45. The van der Waals surface area contributed by atoms with Gasteiger partial charge in [-0.1, -0.05) is 6.07 Å². The summed E-state index contributed by atoms with van der Waals surface area (Å²) >= 11 is 0. The molecule has 158 valence electrons. The summed E-state index contributed by atoms with van der Waals surface area (Å²) in [4.78, 5) is 15.2. The second kappa shape index (κ2) is 7.24. The molecule has 1 aromatic heterocycles. The van der Waals surface area contributed by atoms with Gasteiger partial charge >= 0.3 is 6.03 Å². The summed E-state index contributed by atoms with van der Waals surface area (Å²) in [5.41, 5.74) is 7.36. The zero-order valence-electron chi connectivity index (χ0n) is 17.1. The van der Waals surface area contributed by atoms with Gasteiger partial charge in [0.2, 0.25) is 5.09 Å². The molecule has 0 spiro atoms. The molecule has 3 aliphatic heterocycles. The molecular formula is C23H27N3O3S. The highest BCUT2D eigenvalue weighted by atomic mass is 32.2. The van der Waals surface area contributed by atoms with Crippen LogP contribution in [0.25, 0.3) is 0 Å². The van der Waals surface area contributed by atoms with Crippen molar-refractivity contribution in [3.63, 3.8) is 0 Å². The van der Waals surface area contributed by atoms with Gasteiger partial charge in [-0.15, -0.1) is 0 Å². The van der Waals surface area contributed by atoms with Crippen molar-refractivity contribution in [1.29, 1.82) is 0 Å². The molecule has 0 saturated carbocycles. The summed E-state index contributed by atoms with van der Waals surface area (Å²) in [6.07, 6.45) is 8.62. The van der Waals surface area contributed by atoms with E-state index in [-0.39, 0.29) is 0 Å². The molecule has 7 heteroatoms. The number of urea groups is 1. The predicted molar refractivity (Wildman–Crippen MR) is 115 cm³/mol. The van der Waals surface area contributed by atoms with Crippen LogP contribution in [0, 0.1) is 0 Å². The number of rotatable bonds is 3. The van der Waals surface area contributed by atoms with Crippen LogP contribution in [0.3, 0.4) is 0 Å². The number of carbonyl (C=O) groups excluding carboxylic acids is 1. The van der Waals surface area contributed by atoms with Crippen molar-refractivity contribution >= 4 is 22.7 Å². The summed E-state index contributed by atoms with van der Waals surface area (Å²) in [6, 6.07) is 3.80. The highest BCUT2D eigenvalue weighted by Crippen LogP contribution is 2.39. The van der Waals surface area contributed by atoms with E-state index in [1.54, 1.807) is 0 Å². The highest BCUT2D eigenvalue weighted by molar-refractivity contribution is 7.83. The van der Waals surface area contributed by atoms with Gasteiger partial charge in [0.1, 0.15) is 5.76 Å². The first-order valence-corrected chi connectivity index (χ1v) is 12.3. The standard InChI is InChI=1S/C23H27N3O3S/c27-23(24-21-18-5-1-3-15(18)11-16-4-2-6-19(16)21)25-30(28)20-12-17-13-26-9-7-14(8-10-26)22(17)29-20/h11-12,14H,1-10,13H2,(H2,24,25,27). The van der Waals surface area contributed by atoms with Crippen LogP contribution in [-0.2, 0) is 43.2 Å². The summed E-state index contributed by atoms with van der Waals surface area (Å²) in [5, 5.41) is 3.40. The molecule has 4 heterocycles. The molecule has 1 aromatic carbocycles. The largest absolute Gasteiger partial charge is 0.450 e. The first-order chi connectivity index (χ1) is 14.7. The maximum atomic E-state index is 12.9. The zero-order chi connectivity index (χ0) is 20.2. The van der Waals surface area contributed by atoms with Crippen LogP contribution in [0.2, 0.25) is 0 Å². The first-order valence-electron chi connectivity index (χ1n) is 11.2.